The fraction of sp³-hybridized carbons (Fsp3) is 0.458. The third-order valence-corrected chi connectivity index (χ3v) is 6.49. The van der Waals surface area contributed by atoms with Gasteiger partial charge < -0.3 is 10.2 Å². The summed E-state index contributed by atoms with van der Waals surface area (Å²) >= 11 is 0. The zero-order valence-corrected chi connectivity index (χ0v) is 18.3. The minimum Gasteiger partial charge on any atom is -0.343 e. The molecule has 1 atom stereocenters. The topological polar surface area (TPSA) is 32.3 Å². The summed E-state index contributed by atoms with van der Waals surface area (Å²) in [6.45, 7) is 14.8. The molecule has 0 saturated carbocycles. The smallest absolute Gasteiger partial charge is 0.252 e. The van der Waals surface area contributed by atoms with Gasteiger partial charge in [0.2, 0.25) is 0 Å². The summed E-state index contributed by atoms with van der Waals surface area (Å²) in [7, 11) is 4.11. The van der Waals surface area contributed by atoms with Crippen molar-refractivity contribution in [3.63, 3.8) is 0 Å². The molecule has 1 unspecified atom stereocenters. The molecule has 1 amide bonds. The average molecular weight is 367 g/mol. The zero-order valence-electron chi connectivity index (χ0n) is 18.3. The molecule has 2 aromatic rings. The van der Waals surface area contributed by atoms with E-state index in [0.717, 1.165) is 22.3 Å². The number of amides is 1. The van der Waals surface area contributed by atoms with Crippen molar-refractivity contribution in [2.24, 2.45) is 0 Å². The predicted molar refractivity (Wildman–Crippen MR) is 115 cm³/mol. The Kier molecular flexibility index (Phi) is 6.16. The van der Waals surface area contributed by atoms with Crippen LogP contribution in [0, 0.1) is 34.6 Å². The Morgan fingerprint density at radius 2 is 1.30 bits per heavy atom. The molecule has 3 heteroatoms. The van der Waals surface area contributed by atoms with Gasteiger partial charge in [0.25, 0.3) is 5.91 Å². The van der Waals surface area contributed by atoms with E-state index < -0.39 is 0 Å². The van der Waals surface area contributed by atoms with E-state index in [0.29, 0.717) is 0 Å². The number of benzene rings is 2. The van der Waals surface area contributed by atoms with Crippen LogP contribution in [0.25, 0.3) is 0 Å². The molecule has 1 N–H and O–H groups in total. The lowest BCUT2D eigenvalue weighted by atomic mass is 9.85. The maximum atomic E-state index is 13.4. The van der Waals surface area contributed by atoms with Crippen molar-refractivity contribution in [1.29, 1.82) is 0 Å². The number of hydrogen-bond acceptors (Lipinski definition) is 2. The predicted octanol–water partition coefficient (Wildman–Crippen LogP) is 5.04. The molecule has 0 radical (unpaired) electrons. The van der Waals surface area contributed by atoms with E-state index >= 15 is 0 Å². The van der Waals surface area contributed by atoms with Crippen molar-refractivity contribution in [2.45, 2.75) is 60.0 Å². The molecule has 0 aliphatic carbocycles. The average Bonchev–Trinajstić information content (AvgIpc) is 2.63. The van der Waals surface area contributed by atoms with Gasteiger partial charge in [-0.05, 0) is 95.9 Å². The normalized spacial score (nSPS) is 13.0. The molecule has 0 bridgehead atoms. The first kappa shape index (κ1) is 21.2. The maximum Gasteiger partial charge on any atom is 0.252 e. The van der Waals surface area contributed by atoms with Gasteiger partial charge in [-0.2, -0.15) is 0 Å². The van der Waals surface area contributed by atoms with E-state index in [1.807, 2.05) is 18.2 Å². The summed E-state index contributed by atoms with van der Waals surface area (Å²) < 4.78 is 0. The quantitative estimate of drug-likeness (QED) is 0.804. The van der Waals surface area contributed by atoms with Crippen molar-refractivity contribution >= 4 is 5.91 Å². The van der Waals surface area contributed by atoms with Gasteiger partial charge in [-0.1, -0.05) is 30.3 Å². The molecule has 0 heterocycles. The summed E-state index contributed by atoms with van der Waals surface area (Å²) in [6, 6.07) is 10.1. The van der Waals surface area contributed by atoms with Gasteiger partial charge >= 0.3 is 0 Å². The minimum absolute atomic E-state index is 0.0000203. The molecule has 0 fully saturated rings. The number of hydrogen-bond donors (Lipinski definition) is 1. The van der Waals surface area contributed by atoms with Crippen molar-refractivity contribution in [2.75, 3.05) is 14.1 Å². The minimum atomic E-state index is -0.242. The van der Waals surface area contributed by atoms with Gasteiger partial charge in [0.1, 0.15) is 0 Å². The number of likely N-dealkylation sites (N-methyl/N-ethyl adjacent to an activating group) is 1. The van der Waals surface area contributed by atoms with Gasteiger partial charge in [0, 0.05) is 11.1 Å². The van der Waals surface area contributed by atoms with E-state index in [1.165, 1.54) is 16.7 Å². The lowest BCUT2D eigenvalue weighted by Crippen LogP contribution is -2.51. The Morgan fingerprint density at radius 1 is 0.852 bits per heavy atom. The fourth-order valence-corrected chi connectivity index (χ4v) is 3.62. The van der Waals surface area contributed by atoms with E-state index in [4.69, 9.17) is 0 Å². The van der Waals surface area contributed by atoms with Gasteiger partial charge in [-0.15, -0.1) is 0 Å². The van der Waals surface area contributed by atoms with Crippen LogP contribution < -0.4 is 5.32 Å². The second-order valence-electron chi connectivity index (χ2n) is 8.37. The van der Waals surface area contributed by atoms with Gasteiger partial charge in [0.15, 0.2) is 0 Å². The number of rotatable bonds is 5. The molecule has 27 heavy (non-hydrogen) atoms. The second-order valence-corrected chi connectivity index (χ2v) is 8.37. The molecule has 2 rings (SSSR count). The van der Waals surface area contributed by atoms with E-state index in [2.05, 4.69) is 84.9 Å². The molecule has 2 aromatic carbocycles. The lowest BCUT2D eigenvalue weighted by molar-refractivity contribution is 0.0839. The van der Waals surface area contributed by atoms with Crippen LogP contribution in [-0.2, 0) is 0 Å². The summed E-state index contributed by atoms with van der Waals surface area (Å²) in [6.07, 6.45) is 0. The van der Waals surface area contributed by atoms with Crippen molar-refractivity contribution < 1.29 is 4.79 Å². The first-order valence-corrected chi connectivity index (χ1v) is 9.60. The Hall–Kier alpha value is -2.13. The Labute approximate surface area is 164 Å². The third kappa shape index (κ3) is 3.93. The number of nitrogens with one attached hydrogen (secondary N) is 1. The van der Waals surface area contributed by atoms with Crippen LogP contribution in [0.1, 0.15) is 63.6 Å². The summed E-state index contributed by atoms with van der Waals surface area (Å²) in [5.41, 5.74) is 7.50. The van der Waals surface area contributed by atoms with E-state index in [-0.39, 0.29) is 17.5 Å². The van der Waals surface area contributed by atoms with E-state index in [9.17, 15) is 4.79 Å². The molecule has 0 saturated heterocycles. The first-order chi connectivity index (χ1) is 12.5. The van der Waals surface area contributed by atoms with Crippen LogP contribution in [0.2, 0.25) is 0 Å². The van der Waals surface area contributed by atoms with Crippen LogP contribution in [-0.4, -0.2) is 30.4 Å². The zero-order chi connectivity index (χ0) is 20.5. The molecular formula is C24H34N2O. The third-order valence-electron chi connectivity index (χ3n) is 6.49. The second kappa shape index (κ2) is 7.85. The van der Waals surface area contributed by atoms with Gasteiger partial charge in [-0.3, -0.25) is 4.79 Å². The summed E-state index contributed by atoms with van der Waals surface area (Å²) in [4.78, 5) is 15.6. The van der Waals surface area contributed by atoms with Crippen LogP contribution in [0.5, 0.6) is 0 Å². The van der Waals surface area contributed by atoms with Crippen molar-refractivity contribution in [3.8, 4) is 0 Å². The van der Waals surface area contributed by atoms with Crippen molar-refractivity contribution in [1.82, 2.24) is 10.2 Å². The van der Waals surface area contributed by atoms with E-state index in [1.54, 1.807) is 0 Å². The highest BCUT2D eigenvalue weighted by Crippen LogP contribution is 2.31. The standard InChI is InChI=1S/C24H34N2O/c1-15-16(2)18(4)21(19(5)17(15)3)23(27)25-22(24(6,7)26(8)9)20-13-11-10-12-14-20/h10-14,22H,1-9H3,(H,25,27). The first-order valence-electron chi connectivity index (χ1n) is 9.60. The molecule has 0 spiro atoms. The highest BCUT2D eigenvalue weighted by atomic mass is 16.1. The monoisotopic (exact) mass is 366 g/mol. The number of nitrogens with zero attached hydrogens (tertiary/aromatic N) is 1. The highest BCUT2D eigenvalue weighted by Gasteiger charge is 2.35. The van der Waals surface area contributed by atoms with Crippen LogP contribution in [0.15, 0.2) is 30.3 Å². The molecule has 0 aliphatic rings. The highest BCUT2D eigenvalue weighted by molar-refractivity contribution is 5.98. The largest absolute Gasteiger partial charge is 0.343 e. The Morgan fingerprint density at radius 3 is 1.74 bits per heavy atom. The summed E-state index contributed by atoms with van der Waals surface area (Å²) in [5.74, 6) is -0.0000203. The van der Waals surface area contributed by atoms with Gasteiger partial charge in [0.05, 0.1) is 6.04 Å². The Bertz CT molecular complexity index is 806. The fourth-order valence-electron chi connectivity index (χ4n) is 3.62. The van der Waals surface area contributed by atoms with Crippen LogP contribution in [0.4, 0.5) is 0 Å². The maximum absolute atomic E-state index is 13.4. The SMILES string of the molecule is Cc1c(C)c(C)c(C(=O)NC(c2ccccc2)C(C)(C)N(C)C)c(C)c1C. The van der Waals surface area contributed by atoms with Crippen molar-refractivity contribution in [3.05, 3.63) is 69.3 Å². The molecule has 146 valence electrons. The van der Waals surface area contributed by atoms with Crippen LogP contribution in [0.3, 0.4) is 0 Å². The lowest BCUT2D eigenvalue weighted by Gasteiger charge is -2.41. The number of carbonyl (C=O) groups excluding carboxylic acids is 1. The molecule has 0 aromatic heterocycles. The molecular weight excluding hydrogens is 332 g/mol. The van der Waals surface area contributed by atoms with Gasteiger partial charge in [-0.25, -0.2) is 0 Å². The Balaban J connectivity index is 2.53. The molecule has 0 aliphatic heterocycles. The van der Waals surface area contributed by atoms with Crippen LogP contribution >= 0.6 is 0 Å². The summed E-state index contributed by atoms with van der Waals surface area (Å²) in [5, 5.41) is 3.35. The number of carbonyl (C=O) groups is 1. The molecule has 3 nitrogen and oxygen atoms in total.